The summed E-state index contributed by atoms with van der Waals surface area (Å²) in [6, 6.07) is 12.0. The van der Waals surface area contributed by atoms with E-state index in [1.54, 1.807) is 24.3 Å². The Balaban J connectivity index is 1.90. The number of carboxylic acids is 1. The van der Waals surface area contributed by atoms with E-state index in [0.717, 1.165) is 16.7 Å². The van der Waals surface area contributed by atoms with Crippen LogP contribution >= 0.6 is 12.2 Å². The summed E-state index contributed by atoms with van der Waals surface area (Å²) < 4.78 is 0. The Morgan fingerprint density at radius 2 is 1.58 bits per heavy atom. The Hall–Kier alpha value is -2.73. The standard InChI is InChI=1S/C18H18N2O3S/c1-11-7-12(2)9-15(8-11)16(21)20-18(24)19-10-13-3-5-14(6-4-13)17(22)23/h3-9H,10H2,1-2H3,(H,22,23)(H2,19,20,21,24). The van der Waals surface area contributed by atoms with Crippen LogP contribution in [0.3, 0.4) is 0 Å². The zero-order chi connectivity index (χ0) is 17.7. The first-order valence-corrected chi connectivity index (χ1v) is 7.75. The summed E-state index contributed by atoms with van der Waals surface area (Å²) in [5.74, 6) is -1.23. The highest BCUT2D eigenvalue weighted by Crippen LogP contribution is 2.09. The summed E-state index contributed by atoms with van der Waals surface area (Å²) in [4.78, 5) is 23.0. The molecule has 0 fully saturated rings. The summed E-state index contributed by atoms with van der Waals surface area (Å²) in [6.07, 6.45) is 0. The first kappa shape index (κ1) is 17.6. The van der Waals surface area contributed by atoms with Gasteiger partial charge in [-0.1, -0.05) is 29.3 Å². The van der Waals surface area contributed by atoms with Gasteiger partial charge in [0.05, 0.1) is 5.56 Å². The van der Waals surface area contributed by atoms with E-state index in [1.165, 1.54) is 12.1 Å². The van der Waals surface area contributed by atoms with Gasteiger partial charge in [-0.2, -0.15) is 0 Å². The van der Waals surface area contributed by atoms with Gasteiger partial charge in [0.25, 0.3) is 5.91 Å². The van der Waals surface area contributed by atoms with Crippen LogP contribution in [-0.4, -0.2) is 22.1 Å². The molecule has 0 aliphatic rings. The van der Waals surface area contributed by atoms with E-state index in [2.05, 4.69) is 10.6 Å². The van der Waals surface area contributed by atoms with E-state index >= 15 is 0 Å². The maximum Gasteiger partial charge on any atom is 0.335 e. The molecule has 0 heterocycles. The van der Waals surface area contributed by atoms with Crippen molar-refractivity contribution in [3.8, 4) is 0 Å². The molecule has 0 unspecified atom stereocenters. The second-order valence-corrected chi connectivity index (χ2v) is 5.92. The molecule has 0 saturated carbocycles. The van der Waals surface area contributed by atoms with Crippen LogP contribution in [0.5, 0.6) is 0 Å². The molecule has 0 atom stereocenters. The van der Waals surface area contributed by atoms with Crippen LogP contribution in [0, 0.1) is 13.8 Å². The summed E-state index contributed by atoms with van der Waals surface area (Å²) in [5.41, 5.74) is 3.67. The summed E-state index contributed by atoms with van der Waals surface area (Å²) in [7, 11) is 0. The predicted octanol–water partition coefficient (Wildman–Crippen LogP) is 2.81. The lowest BCUT2D eigenvalue weighted by Crippen LogP contribution is -2.38. The van der Waals surface area contributed by atoms with E-state index in [4.69, 9.17) is 17.3 Å². The third kappa shape index (κ3) is 4.89. The molecular formula is C18H18N2O3S. The molecule has 0 aliphatic carbocycles. The van der Waals surface area contributed by atoms with Crippen molar-refractivity contribution in [2.24, 2.45) is 0 Å². The van der Waals surface area contributed by atoms with Crippen LogP contribution in [0.2, 0.25) is 0 Å². The van der Waals surface area contributed by atoms with Crippen LogP contribution in [-0.2, 0) is 6.54 Å². The van der Waals surface area contributed by atoms with Gasteiger partial charge in [0.2, 0.25) is 0 Å². The minimum absolute atomic E-state index is 0.224. The van der Waals surface area contributed by atoms with E-state index in [0.29, 0.717) is 12.1 Å². The molecule has 0 radical (unpaired) electrons. The molecule has 0 aromatic heterocycles. The maximum absolute atomic E-state index is 12.2. The van der Waals surface area contributed by atoms with Crippen molar-refractivity contribution in [3.63, 3.8) is 0 Å². The lowest BCUT2D eigenvalue weighted by Gasteiger charge is -2.10. The van der Waals surface area contributed by atoms with Gasteiger partial charge in [0.15, 0.2) is 5.11 Å². The molecule has 2 aromatic rings. The van der Waals surface area contributed by atoms with Crippen molar-refractivity contribution in [1.29, 1.82) is 0 Å². The average Bonchev–Trinajstić information content (AvgIpc) is 2.52. The summed E-state index contributed by atoms with van der Waals surface area (Å²) >= 11 is 5.13. The van der Waals surface area contributed by atoms with Gasteiger partial charge in [0, 0.05) is 12.1 Å². The number of thiocarbonyl (C=S) groups is 1. The number of nitrogens with one attached hydrogen (secondary N) is 2. The quantitative estimate of drug-likeness (QED) is 0.745. The molecule has 0 aliphatic heterocycles. The van der Waals surface area contributed by atoms with Crippen molar-refractivity contribution in [2.45, 2.75) is 20.4 Å². The monoisotopic (exact) mass is 342 g/mol. The number of benzene rings is 2. The second kappa shape index (κ2) is 7.70. The fraction of sp³-hybridized carbons (Fsp3) is 0.167. The third-order valence-corrected chi connectivity index (χ3v) is 3.61. The zero-order valence-corrected chi connectivity index (χ0v) is 14.2. The van der Waals surface area contributed by atoms with Crippen LogP contribution in [0.4, 0.5) is 0 Å². The van der Waals surface area contributed by atoms with Gasteiger partial charge in [-0.3, -0.25) is 10.1 Å². The highest BCUT2D eigenvalue weighted by molar-refractivity contribution is 7.80. The number of hydrogen-bond donors (Lipinski definition) is 3. The largest absolute Gasteiger partial charge is 0.478 e. The topological polar surface area (TPSA) is 78.4 Å². The predicted molar refractivity (Wildman–Crippen MR) is 96.2 cm³/mol. The molecule has 5 nitrogen and oxygen atoms in total. The van der Waals surface area contributed by atoms with Gasteiger partial charge < -0.3 is 10.4 Å². The normalized spacial score (nSPS) is 10.1. The third-order valence-electron chi connectivity index (χ3n) is 3.36. The van der Waals surface area contributed by atoms with E-state index in [1.807, 2.05) is 19.9 Å². The Bertz CT molecular complexity index is 765. The molecule has 24 heavy (non-hydrogen) atoms. The molecule has 6 heteroatoms. The van der Waals surface area contributed by atoms with Crippen LogP contribution in [0.1, 0.15) is 37.4 Å². The van der Waals surface area contributed by atoms with Crippen molar-refractivity contribution in [3.05, 3.63) is 70.3 Å². The molecular weight excluding hydrogens is 324 g/mol. The van der Waals surface area contributed by atoms with Crippen LogP contribution in [0.25, 0.3) is 0 Å². The maximum atomic E-state index is 12.2. The lowest BCUT2D eigenvalue weighted by atomic mass is 10.1. The first-order chi connectivity index (χ1) is 11.3. The van der Waals surface area contributed by atoms with E-state index < -0.39 is 5.97 Å². The molecule has 124 valence electrons. The molecule has 0 bridgehead atoms. The molecule has 0 saturated heterocycles. The average molecular weight is 342 g/mol. The highest BCUT2D eigenvalue weighted by Gasteiger charge is 2.09. The highest BCUT2D eigenvalue weighted by atomic mass is 32.1. The number of amides is 1. The summed E-state index contributed by atoms with van der Waals surface area (Å²) in [6.45, 7) is 4.26. The van der Waals surface area contributed by atoms with Crippen molar-refractivity contribution in [1.82, 2.24) is 10.6 Å². The lowest BCUT2D eigenvalue weighted by molar-refractivity contribution is 0.0696. The smallest absolute Gasteiger partial charge is 0.335 e. The molecule has 3 N–H and O–H groups in total. The SMILES string of the molecule is Cc1cc(C)cc(C(=O)NC(=S)NCc2ccc(C(=O)O)cc2)c1. The first-order valence-electron chi connectivity index (χ1n) is 7.35. The number of aromatic carboxylic acids is 1. The number of carbonyl (C=O) groups excluding carboxylic acids is 1. The molecule has 2 aromatic carbocycles. The number of carbonyl (C=O) groups is 2. The van der Waals surface area contributed by atoms with Crippen LogP contribution in [0.15, 0.2) is 42.5 Å². The van der Waals surface area contributed by atoms with Crippen LogP contribution < -0.4 is 10.6 Å². The number of carboxylic acid groups (broad SMARTS) is 1. The number of rotatable bonds is 4. The fourth-order valence-electron chi connectivity index (χ4n) is 2.27. The van der Waals surface area contributed by atoms with Gasteiger partial charge in [-0.05, 0) is 55.9 Å². The summed E-state index contributed by atoms with van der Waals surface area (Å²) in [5, 5.41) is 14.6. The van der Waals surface area contributed by atoms with Gasteiger partial charge in [0.1, 0.15) is 0 Å². The van der Waals surface area contributed by atoms with Gasteiger partial charge in [-0.15, -0.1) is 0 Å². The van der Waals surface area contributed by atoms with Gasteiger partial charge >= 0.3 is 5.97 Å². The van der Waals surface area contributed by atoms with Crippen molar-refractivity contribution >= 4 is 29.2 Å². The molecule has 0 spiro atoms. The van der Waals surface area contributed by atoms with Crippen molar-refractivity contribution < 1.29 is 14.7 Å². The van der Waals surface area contributed by atoms with E-state index in [-0.39, 0.29) is 16.6 Å². The Morgan fingerprint density at radius 1 is 1.00 bits per heavy atom. The Labute approximate surface area is 145 Å². The number of hydrogen-bond acceptors (Lipinski definition) is 3. The Morgan fingerprint density at radius 3 is 2.12 bits per heavy atom. The molecule has 1 amide bonds. The van der Waals surface area contributed by atoms with Gasteiger partial charge in [-0.25, -0.2) is 4.79 Å². The zero-order valence-electron chi connectivity index (χ0n) is 13.4. The fourth-order valence-corrected chi connectivity index (χ4v) is 2.44. The minimum atomic E-state index is -0.967. The minimum Gasteiger partial charge on any atom is -0.478 e. The Kier molecular flexibility index (Phi) is 5.65. The van der Waals surface area contributed by atoms with Crippen molar-refractivity contribution in [2.75, 3.05) is 0 Å². The second-order valence-electron chi connectivity index (χ2n) is 5.52. The number of aryl methyl sites for hydroxylation is 2. The molecule has 2 rings (SSSR count). The van der Waals surface area contributed by atoms with E-state index in [9.17, 15) is 9.59 Å².